The quantitative estimate of drug-likeness (QED) is 0.668. The number of phenolic OH excluding ortho intramolecular Hbond substituents is 1. The molecular formula is C22H21ClN4O3. The van der Waals surface area contributed by atoms with Crippen LogP contribution in [0.1, 0.15) is 41.0 Å². The monoisotopic (exact) mass is 424 g/mol. The molecule has 2 aliphatic heterocycles. The molecule has 3 heterocycles. The number of H-pyrrole nitrogens is 1. The number of amides is 1. The smallest absolute Gasteiger partial charge is 0.258 e. The molecule has 154 valence electrons. The van der Waals surface area contributed by atoms with Crippen LogP contribution in [0.15, 0.2) is 35.3 Å². The number of aromatic hydroxyl groups is 1. The Hall–Kier alpha value is -3.06. The minimum absolute atomic E-state index is 0.0766. The number of aromatic nitrogens is 2. The third-order valence-electron chi connectivity index (χ3n) is 5.50. The van der Waals surface area contributed by atoms with Gasteiger partial charge in [0.2, 0.25) is 0 Å². The molecule has 0 bridgehead atoms. The normalized spacial score (nSPS) is 17.2. The number of benzene rings is 2. The van der Waals surface area contributed by atoms with Crippen molar-refractivity contribution < 1.29 is 14.6 Å². The number of hydrogen-bond donors (Lipinski definition) is 2. The van der Waals surface area contributed by atoms with Gasteiger partial charge >= 0.3 is 0 Å². The maximum atomic E-state index is 13.2. The van der Waals surface area contributed by atoms with Gasteiger partial charge in [-0.3, -0.25) is 9.89 Å². The number of aliphatic imine (C=N–C) groups is 1. The van der Waals surface area contributed by atoms with Gasteiger partial charge in [-0.05, 0) is 43.2 Å². The van der Waals surface area contributed by atoms with E-state index in [0.29, 0.717) is 42.6 Å². The van der Waals surface area contributed by atoms with Crippen molar-refractivity contribution in [2.24, 2.45) is 4.99 Å². The number of carbonyl (C=O) groups is 1. The van der Waals surface area contributed by atoms with Crippen LogP contribution in [-0.4, -0.2) is 44.2 Å². The Bertz CT molecular complexity index is 1210. The number of aromatic amines is 1. The van der Waals surface area contributed by atoms with E-state index in [0.717, 1.165) is 22.2 Å². The van der Waals surface area contributed by atoms with E-state index in [4.69, 9.17) is 16.3 Å². The highest BCUT2D eigenvalue weighted by Crippen LogP contribution is 2.32. The summed E-state index contributed by atoms with van der Waals surface area (Å²) in [5.74, 6) is 0.318. The van der Waals surface area contributed by atoms with Gasteiger partial charge in [-0.1, -0.05) is 17.7 Å². The van der Waals surface area contributed by atoms with E-state index in [1.165, 1.54) is 0 Å². The average molecular weight is 425 g/mol. The van der Waals surface area contributed by atoms with Gasteiger partial charge in [-0.2, -0.15) is 5.10 Å². The summed E-state index contributed by atoms with van der Waals surface area (Å²) in [6.07, 6.45) is 0.426. The molecule has 2 N–H and O–H groups in total. The minimum atomic E-state index is -0.242. The third-order valence-corrected chi connectivity index (χ3v) is 5.74. The second kappa shape index (κ2) is 6.74. The first-order valence-corrected chi connectivity index (χ1v) is 10.1. The highest BCUT2D eigenvalue weighted by Gasteiger charge is 2.29. The largest absolute Gasteiger partial charge is 0.507 e. The van der Waals surface area contributed by atoms with Crippen LogP contribution >= 0.6 is 11.6 Å². The van der Waals surface area contributed by atoms with E-state index in [9.17, 15) is 9.90 Å². The van der Waals surface area contributed by atoms with Crippen LogP contribution in [0, 0.1) is 0 Å². The molecule has 1 aromatic heterocycles. The van der Waals surface area contributed by atoms with Crippen molar-refractivity contribution >= 4 is 34.3 Å². The lowest BCUT2D eigenvalue weighted by Crippen LogP contribution is -2.25. The lowest BCUT2D eigenvalue weighted by molar-refractivity contribution is 0.0748. The molecule has 1 amide bonds. The molecule has 2 aromatic carbocycles. The Morgan fingerprint density at radius 2 is 2.07 bits per heavy atom. The van der Waals surface area contributed by atoms with Gasteiger partial charge in [-0.25, -0.2) is 4.99 Å². The van der Waals surface area contributed by atoms with Gasteiger partial charge in [0.25, 0.3) is 5.91 Å². The third kappa shape index (κ3) is 3.29. The summed E-state index contributed by atoms with van der Waals surface area (Å²) < 4.78 is 5.68. The molecule has 8 heteroatoms. The highest BCUT2D eigenvalue weighted by molar-refractivity contribution is 6.30. The fraction of sp³-hybridized carbons (Fsp3) is 0.318. The number of halogens is 1. The van der Waals surface area contributed by atoms with Gasteiger partial charge in [0.1, 0.15) is 12.4 Å². The first kappa shape index (κ1) is 18.9. The van der Waals surface area contributed by atoms with E-state index in [2.05, 4.69) is 15.2 Å². The van der Waals surface area contributed by atoms with Crippen molar-refractivity contribution in [1.82, 2.24) is 15.1 Å². The van der Waals surface area contributed by atoms with Crippen LogP contribution in [0.4, 0.5) is 0 Å². The van der Waals surface area contributed by atoms with Crippen molar-refractivity contribution in [3.05, 3.63) is 57.7 Å². The topological polar surface area (TPSA) is 90.8 Å². The second-order valence-corrected chi connectivity index (χ2v) is 8.88. The number of fused-ring (bicyclic) bond motifs is 2. The Morgan fingerprint density at radius 1 is 1.27 bits per heavy atom. The van der Waals surface area contributed by atoms with Crippen LogP contribution < -0.4 is 0 Å². The minimum Gasteiger partial charge on any atom is -0.507 e. The standard InChI is InChI=1S/C22H21ClN4O3/c1-22(2)11-30-20(24-22)8-18-15-6-16(19(28)7-17(15)25-26-18)21(29)27-9-12-3-4-14(23)5-13(12)10-27/h3-7,28H,8-11H2,1-2H3,(H,25,26). The number of carbonyl (C=O) groups excluding carboxylic acids is 1. The molecule has 0 radical (unpaired) electrons. The lowest BCUT2D eigenvalue weighted by Gasteiger charge is -2.16. The molecule has 0 saturated carbocycles. The predicted molar refractivity (Wildman–Crippen MR) is 114 cm³/mol. The number of nitrogens with zero attached hydrogens (tertiary/aromatic N) is 3. The summed E-state index contributed by atoms with van der Waals surface area (Å²) in [7, 11) is 0. The molecule has 7 nitrogen and oxygen atoms in total. The van der Waals surface area contributed by atoms with Gasteiger partial charge in [-0.15, -0.1) is 0 Å². The van der Waals surface area contributed by atoms with Crippen molar-refractivity contribution in [2.45, 2.75) is 38.9 Å². The number of nitrogens with one attached hydrogen (secondary N) is 1. The van der Waals surface area contributed by atoms with Gasteiger partial charge in [0.15, 0.2) is 5.90 Å². The maximum Gasteiger partial charge on any atom is 0.258 e. The molecule has 0 saturated heterocycles. The first-order chi connectivity index (χ1) is 14.3. The Balaban J connectivity index is 1.45. The maximum absolute atomic E-state index is 13.2. The number of ether oxygens (including phenoxy) is 1. The first-order valence-electron chi connectivity index (χ1n) is 9.77. The lowest BCUT2D eigenvalue weighted by atomic mass is 10.1. The Morgan fingerprint density at radius 3 is 2.83 bits per heavy atom. The molecule has 0 fully saturated rings. The predicted octanol–water partition coefficient (Wildman–Crippen LogP) is 3.83. The van der Waals surface area contributed by atoms with E-state index in [-0.39, 0.29) is 22.8 Å². The van der Waals surface area contributed by atoms with E-state index >= 15 is 0 Å². The zero-order chi connectivity index (χ0) is 21.0. The summed E-state index contributed by atoms with van der Waals surface area (Å²) in [6.45, 7) is 5.51. The number of phenols is 1. The molecule has 30 heavy (non-hydrogen) atoms. The fourth-order valence-corrected chi connectivity index (χ4v) is 4.18. The van der Waals surface area contributed by atoms with Crippen LogP contribution in [0.5, 0.6) is 5.75 Å². The van der Waals surface area contributed by atoms with Gasteiger partial charge in [0.05, 0.1) is 28.7 Å². The van der Waals surface area contributed by atoms with E-state index in [1.807, 2.05) is 32.0 Å². The molecule has 0 atom stereocenters. The second-order valence-electron chi connectivity index (χ2n) is 8.44. The zero-order valence-corrected chi connectivity index (χ0v) is 17.5. The van der Waals surface area contributed by atoms with Crippen molar-refractivity contribution in [1.29, 1.82) is 0 Å². The van der Waals surface area contributed by atoms with Crippen LogP contribution in [0.2, 0.25) is 5.02 Å². The van der Waals surface area contributed by atoms with E-state index in [1.54, 1.807) is 17.0 Å². The molecule has 0 unspecified atom stereocenters. The molecular weight excluding hydrogens is 404 g/mol. The van der Waals surface area contributed by atoms with E-state index < -0.39 is 0 Å². The summed E-state index contributed by atoms with van der Waals surface area (Å²) in [5.41, 5.74) is 3.49. The highest BCUT2D eigenvalue weighted by atomic mass is 35.5. The molecule has 2 aliphatic rings. The zero-order valence-electron chi connectivity index (χ0n) is 16.7. The molecule has 3 aromatic rings. The number of rotatable bonds is 3. The van der Waals surface area contributed by atoms with Crippen molar-refractivity contribution in [3.63, 3.8) is 0 Å². The molecule has 0 aliphatic carbocycles. The summed E-state index contributed by atoms with van der Waals surface area (Å²) >= 11 is 6.08. The summed E-state index contributed by atoms with van der Waals surface area (Å²) in [5, 5.41) is 19.2. The van der Waals surface area contributed by atoms with Crippen molar-refractivity contribution in [3.8, 4) is 5.75 Å². The van der Waals surface area contributed by atoms with Gasteiger partial charge in [0, 0.05) is 29.6 Å². The average Bonchev–Trinajstić information content (AvgIpc) is 3.37. The Labute approximate surface area is 178 Å². The van der Waals surface area contributed by atoms with Crippen LogP contribution in [-0.2, 0) is 24.2 Å². The van der Waals surface area contributed by atoms with Gasteiger partial charge < -0.3 is 14.7 Å². The SMILES string of the molecule is CC1(C)COC(Cc2n[nH]c3cc(O)c(C(=O)N4Cc5ccc(Cl)cc5C4)cc23)=N1. The Kier molecular flexibility index (Phi) is 4.25. The molecule has 5 rings (SSSR count). The summed E-state index contributed by atoms with van der Waals surface area (Å²) in [4.78, 5) is 19.5. The van der Waals surface area contributed by atoms with Crippen molar-refractivity contribution in [2.75, 3.05) is 6.61 Å². The molecule has 0 spiro atoms. The van der Waals surface area contributed by atoms with Crippen LogP contribution in [0.25, 0.3) is 10.9 Å². The number of hydrogen-bond acceptors (Lipinski definition) is 5. The summed E-state index contributed by atoms with van der Waals surface area (Å²) in [6, 6.07) is 8.88. The van der Waals surface area contributed by atoms with Crippen LogP contribution in [0.3, 0.4) is 0 Å². The fourth-order valence-electron chi connectivity index (χ4n) is 3.99.